The van der Waals surface area contributed by atoms with Gasteiger partial charge in [-0.3, -0.25) is 4.79 Å². The van der Waals surface area contributed by atoms with Crippen molar-refractivity contribution in [3.05, 3.63) is 46.6 Å². The zero-order valence-electron chi connectivity index (χ0n) is 13.0. The Kier molecular flexibility index (Phi) is 4.63. The van der Waals surface area contributed by atoms with Crippen LogP contribution in [0.4, 0.5) is 0 Å². The number of aromatic nitrogens is 2. The molecule has 6 nitrogen and oxygen atoms in total. The highest BCUT2D eigenvalue weighted by atomic mass is 35.5. The summed E-state index contributed by atoms with van der Waals surface area (Å²) in [7, 11) is 0. The van der Waals surface area contributed by atoms with Gasteiger partial charge in [0.1, 0.15) is 6.04 Å². The molecule has 1 aliphatic heterocycles. The molecule has 1 fully saturated rings. The van der Waals surface area contributed by atoms with Gasteiger partial charge in [0.25, 0.3) is 5.91 Å². The third kappa shape index (κ3) is 3.23. The third-order valence-corrected chi connectivity index (χ3v) is 4.07. The summed E-state index contributed by atoms with van der Waals surface area (Å²) in [5.74, 6) is 0.998. The summed E-state index contributed by atoms with van der Waals surface area (Å²) in [6.07, 6.45) is 0. The van der Waals surface area contributed by atoms with Crippen LogP contribution in [0.15, 0.2) is 28.8 Å². The maximum absolute atomic E-state index is 12.8. The number of morpholine rings is 1. The predicted molar refractivity (Wildman–Crippen MR) is 84.4 cm³/mol. The summed E-state index contributed by atoms with van der Waals surface area (Å²) in [6.45, 7) is 5.22. The molecule has 7 heteroatoms. The van der Waals surface area contributed by atoms with Gasteiger partial charge in [0.2, 0.25) is 5.89 Å². The summed E-state index contributed by atoms with van der Waals surface area (Å²) in [4.78, 5) is 18.9. The van der Waals surface area contributed by atoms with Crippen molar-refractivity contribution in [2.45, 2.75) is 25.8 Å². The molecule has 0 aliphatic carbocycles. The second kappa shape index (κ2) is 6.68. The Morgan fingerprint density at radius 1 is 1.39 bits per heavy atom. The van der Waals surface area contributed by atoms with Crippen LogP contribution < -0.4 is 0 Å². The van der Waals surface area contributed by atoms with E-state index >= 15 is 0 Å². The quantitative estimate of drug-likeness (QED) is 0.862. The molecule has 1 atom stereocenters. The van der Waals surface area contributed by atoms with E-state index in [9.17, 15) is 4.79 Å². The van der Waals surface area contributed by atoms with Crippen LogP contribution in [0, 0.1) is 0 Å². The van der Waals surface area contributed by atoms with Crippen LogP contribution in [-0.4, -0.2) is 40.7 Å². The molecule has 1 unspecified atom stereocenters. The maximum Gasteiger partial charge on any atom is 0.256 e. The van der Waals surface area contributed by atoms with Gasteiger partial charge < -0.3 is 14.2 Å². The number of carbonyl (C=O) groups is 1. The molecule has 0 saturated carbocycles. The Labute approximate surface area is 139 Å². The average Bonchev–Trinajstić information content (AvgIpc) is 3.05. The topological polar surface area (TPSA) is 68.5 Å². The van der Waals surface area contributed by atoms with Crippen molar-refractivity contribution in [1.29, 1.82) is 0 Å². The number of carbonyl (C=O) groups excluding carboxylic acids is 1. The van der Waals surface area contributed by atoms with E-state index in [0.29, 0.717) is 42.1 Å². The molecule has 3 rings (SSSR count). The molecule has 1 aromatic carbocycles. The zero-order valence-corrected chi connectivity index (χ0v) is 13.8. The molecule has 0 N–H and O–H groups in total. The standard InChI is InChI=1S/C16H18ClN3O3/c1-10(2)15-18-14(19-23-15)13-9-22-8-7-20(13)16(21)11-5-3-4-6-12(11)17/h3-6,10,13H,7-9H2,1-2H3. The van der Waals surface area contributed by atoms with E-state index in [1.165, 1.54) is 0 Å². The van der Waals surface area contributed by atoms with Gasteiger partial charge in [-0.2, -0.15) is 4.98 Å². The lowest BCUT2D eigenvalue weighted by atomic mass is 10.1. The number of rotatable bonds is 3. The fourth-order valence-electron chi connectivity index (χ4n) is 2.47. The van der Waals surface area contributed by atoms with E-state index in [0.717, 1.165) is 0 Å². The molecule has 0 radical (unpaired) electrons. The first-order valence-electron chi connectivity index (χ1n) is 7.54. The van der Waals surface area contributed by atoms with E-state index in [1.54, 1.807) is 29.2 Å². The van der Waals surface area contributed by atoms with Gasteiger partial charge in [-0.25, -0.2) is 0 Å². The lowest BCUT2D eigenvalue weighted by molar-refractivity contribution is -0.00576. The van der Waals surface area contributed by atoms with Crippen molar-refractivity contribution in [2.24, 2.45) is 0 Å². The van der Waals surface area contributed by atoms with Crippen molar-refractivity contribution in [3.63, 3.8) is 0 Å². The van der Waals surface area contributed by atoms with E-state index in [1.807, 2.05) is 13.8 Å². The Hall–Kier alpha value is -1.92. The van der Waals surface area contributed by atoms with Crippen LogP contribution in [0.3, 0.4) is 0 Å². The molecule has 1 aliphatic rings. The first kappa shape index (κ1) is 16.0. The summed E-state index contributed by atoms with van der Waals surface area (Å²) < 4.78 is 10.8. The minimum atomic E-state index is -0.372. The van der Waals surface area contributed by atoms with E-state index in [4.69, 9.17) is 20.9 Å². The van der Waals surface area contributed by atoms with E-state index in [2.05, 4.69) is 10.1 Å². The molecule has 2 aromatic rings. The van der Waals surface area contributed by atoms with E-state index < -0.39 is 0 Å². The fraction of sp³-hybridized carbons (Fsp3) is 0.438. The van der Waals surface area contributed by atoms with Crippen molar-refractivity contribution in [2.75, 3.05) is 19.8 Å². The Bertz CT molecular complexity index is 701. The highest BCUT2D eigenvalue weighted by molar-refractivity contribution is 6.33. The highest BCUT2D eigenvalue weighted by Gasteiger charge is 2.33. The van der Waals surface area contributed by atoms with Gasteiger partial charge in [0, 0.05) is 12.5 Å². The summed E-state index contributed by atoms with van der Waals surface area (Å²) in [5, 5.41) is 4.45. The van der Waals surface area contributed by atoms with Gasteiger partial charge in [-0.15, -0.1) is 0 Å². The van der Waals surface area contributed by atoms with Gasteiger partial charge >= 0.3 is 0 Å². The maximum atomic E-state index is 12.8. The van der Waals surface area contributed by atoms with Crippen LogP contribution >= 0.6 is 11.6 Å². The second-order valence-corrected chi connectivity index (χ2v) is 6.12. The summed E-state index contributed by atoms with van der Waals surface area (Å²) in [5.41, 5.74) is 0.466. The Morgan fingerprint density at radius 2 is 2.17 bits per heavy atom. The van der Waals surface area contributed by atoms with Crippen molar-refractivity contribution in [3.8, 4) is 0 Å². The van der Waals surface area contributed by atoms with Crippen LogP contribution in [-0.2, 0) is 4.74 Å². The molecule has 0 spiro atoms. The predicted octanol–water partition coefficient (Wildman–Crippen LogP) is 3.06. The van der Waals surface area contributed by atoms with Gasteiger partial charge in [0.05, 0.1) is 23.8 Å². The molecule has 1 amide bonds. The summed E-state index contributed by atoms with van der Waals surface area (Å²) in [6, 6.07) is 6.63. The second-order valence-electron chi connectivity index (χ2n) is 5.71. The highest BCUT2D eigenvalue weighted by Crippen LogP contribution is 2.27. The number of ether oxygens (including phenoxy) is 1. The monoisotopic (exact) mass is 335 g/mol. The lowest BCUT2D eigenvalue weighted by Gasteiger charge is -2.33. The number of nitrogens with zero attached hydrogens (tertiary/aromatic N) is 3. The van der Waals surface area contributed by atoms with Crippen LogP contribution in [0.5, 0.6) is 0 Å². The van der Waals surface area contributed by atoms with Gasteiger partial charge in [-0.05, 0) is 12.1 Å². The first-order chi connectivity index (χ1) is 11.1. The molecule has 0 bridgehead atoms. The average molecular weight is 336 g/mol. The smallest absolute Gasteiger partial charge is 0.256 e. The molecule has 1 aromatic heterocycles. The van der Waals surface area contributed by atoms with Crippen LogP contribution in [0.1, 0.15) is 47.9 Å². The lowest BCUT2D eigenvalue weighted by Crippen LogP contribution is -2.44. The Balaban J connectivity index is 1.89. The number of hydrogen-bond donors (Lipinski definition) is 0. The molecular formula is C16H18ClN3O3. The van der Waals surface area contributed by atoms with Gasteiger partial charge in [-0.1, -0.05) is 42.7 Å². The van der Waals surface area contributed by atoms with E-state index in [-0.39, 0.29) is 17.9 Å². The van der Waals surface area contributed by atoms with Gasteiger partial charge in [0.15, 0.2) is 5.82 Å². The van der Waals surface area contributed by atoms with Crippen LogP contribution in [0.25, 0.3) is 0 Å². The number of halogens is 1. The third-order valence-electron chi connectivity index (χ3n) is 3.74. The number of amides is 1. The normalized spacial score (nSPS) is 18.4. The minimum Gasteiger partial charge on any atom is -0.377 e. The van der Waals surface area contributed by atoms with Crippen molar-refractivity contribution >= 4 is 17.5 Å². The van der Waals surface area contributed by atoms with Crippen molar-refractivity contribution < 1.29 is 14.1 Å². The molecule has 122 valence electrons. The summed E-state index contributed by atoms with van der Waals surface area (Å²) >= 11 is 6.15. The zero-order chi connectivity index (χ0) is 16.4. The molecular weight excluding hydrogens is 318 g/mol. The molecule has 1 saturated heterocycles. The Morgan fingerprint density at radius 3 is 2.87 bits per heavy atom. The van der Waals surface area contributed by atoms with Crippen LogP contribution in [0.2, 0.25) is 5.02 Å². The largest absolute Gasteiger partial charge is 0.377 e. The molecule has 23 heavy (non-hydrogen) atoms. The fourth-order valence-corrected chi connectivity index (χ4v) is 2.68. The SMILES string of the molecule is CC(C)c1nc(C2COCCN2C(=O)c2ccccc2Cl)no1. The van der Waals surface area contributed by atoms with Crippen molar-refractivity contribution in [1.82, 2.24) is 15.0 Å². The number of benzene rings is 1. The molecule has 2 heterocycles. The number of hydrogen-bond acceptors (Lipinski definition) is 5. The minimum absolute atomic E-state index is 0.133. The first-order valence-corrected chi connectivity index (χ1v) is 7.92.